The molecule has 1 aromatic heterocycles. The van der Waals surface area contributed by atoms with Gasteiger partial charge in [0.05, 0.1) is 12.7 Å². The van der Waals surface area contributed by atoms with Crippen LogP contribution in [0.1, 0.15) is 36.7 Å². The van der Waals surface area contributed by atoms with Crippen LogP contribution in [0.15, 0.2) is 60.9 Å². The fourth-order valence-corrected chi connectivity index (χ4v) is 3.27. The Hall–Kier alpha value is -3.07. The molecule has 5 nitrogen and oxygen atoms in total. The zero-order valence-corrected chi connectivity index (χ0v) is 16.2. The Labute approximate surface area is 170 Å². The van der Waals surface area contributed by atoms with Gasteiger partial charge in [-0.3, -0.25) is 0 Å². The predicted octanol–water partition coefficient (Wildman–Crippen LogP) is 3.56. The first-order chi connectivity index (χ1) is 14.3. The lowest BCUT2D eigenvalue weighted by Gasteiger charge is -2.26. The van der Waals surface area contributed by atoms with Gasteiger partial charge in [-0.05, 0) is 54.7 Å². The lowest BCUT2D eigenvalue weighted by molar-refractivity contribution is 0.120. The molecule has 0 bridgehead atoms. The van der Waals surface area contributed by atoms with E-state index in [9.17, 15) is 10.2 Å². The molecule has 1 fully saturated rings. The van der Waals surface area contributed by atoms with E-state index in [0.29, 0.717) is 11.9 Å². The smallest absolute Gasteiger partial charge is 0.135 e. The van der Waals surface area contributed by atoms with Gasteiger partial charge in [-0.2, -0.15) is 0 Å². The van der Waals surface area contributed by atoms with Gasteiger partial charge in [0.1, 0.15) is 24.2 Å². The summed E-state index contributed by atoms with van der Waals surface area (Å²) >= 11 is 0. The third-order valence-corrected chi connectivity index (χ3v) is 5.21. The average Bonchev–Trinajstić information content (AvgIpc) is 3.21. The number of rotatable bonds is 6. The van der Waals surface area contributed by atoms with Gasteiger partial charge in [-0.1, -0.05) is 36.1 Å². The normalized spacial score (nSPS) is 14.6. The van der Waals surface area contributed by atoms with E-state index in [2.05, 4.69) is 29.0 Å². The van der Waals surface area contributed by atoms with Gasteiger partial charge in [0.15, 0.2) is 0 Å². The fourth-order valence-electron chi connectivity index (χ4n) is 3.27. The number of hydrogen-bond acceptors (Lipinski definition) is 4. The van der Waals surface area contributed by atoms with Crippen molar-refractivity contribution in [3.63, 3.8) is 0 Å². The molecule has 148 valence electrons. The second kappa shape index (κ2) is 8.95. The van der Waals surface area contributed by atoms with Gasteiger partial charge in [0, 0.05) is 18.0 Å². The van der Waals surface area contributed by atoms with Gasteiger partial charge < -0.3 is 19.5 Å². The van der Waals surface area contributed by atoms with Crippen LogP contribution in [0.2, 0.25) is 0 Å². The third-order valence-electron chi connectivity index (χ3n) is 5.21. The SMILES string of the molecule is OCc1nccn1C(C#Cc1ccc(-c2ccc(OC3CCC3)cc2)cc1)CO. The minimum Gasteiger partial charge on any atom is -0.490 e. The van der Waals surface area contributed by atoms with E-state index in [1.54, 1.807) is 17.0 Å². The molecule has 0 radical (unpaired) electrons. The van der Waals surface area contributed by atoms with Crippen LogP contribution in [0.5, 0.6) is 5.75 Å². The summed E-state index contributed by atoms with van der Waals surface area (Å²) in [6, 6.07) is 15.8. The molecule has 3 aromatic rings. The second-order valence-electron chi connectivity index (χ2n) is 7.15. The standard InChI is InChI=1S/C24H24N2O3/c27-16-21(26-15-14-25-24(26)17-28)11-6-18-4-7-19(8-5-18)20-9-12-23(13-10-20)29-22-2-1-3-22/h4-5,7-10,12-15,21-22,27-28H,1-3,16-17H2. The van der Waals surface area contributed by atoms with Gasteiger partial charge >= 0.3 is 0 Å². The topological polar surface area (TPSA) is 67.5 Å². The average molecular weight is 388 g/mol. The van der Waals surface area contributed by atoms with Crippen molar-refractivity contribution in [1.29, 1.82) is 0 Å². The van der Waals surface area contributed by atoms with Crippen LogP contribution in [-0.4, -0.2) is 32.5 Å². The molecule has 1 aliphatic carbocycles. The lowest BCUT2D eigenvalue weighted by atomic mass is 9.96. The Balaban J connectivity index is 1.44. The first kappa shape index (κ1) is 19.3. The molecule has 0 amide bonds. The first-order valence-corrected chi connectivity index (χ1v) is 9.89. The Morgan fingerprint density at radius 1 is 1.03 bits per heavy atom. The predicted molar refractivity (Wildman–Crippen MR) is 111 cm³/mol. The van der Waals surface area contributed by atoms with Gasteiger partial charge in [-0.15, -0.1) is 0 Å². The summed E-state index contributed by atoms with van der Waals surface area (Å²) in [4.78, 5) is 4.06. The van der Waals surface area contributed by atoms with E-state index < -0.39 is 6.04 Å². The van der Waals surface area contributed by atoms with E-state index in [0.717, 1.165) is 35.3 Å². The van der Waals surface area contributed by atoms with Gasteiger partial charge in [0.25, 0.3) is 0 Å². The molecule has 1 aliphatic rings. The maximum absolute atomic E-state index is 9.64. The fraction of sp³-hybridized carbons (Fsp3) is 0.292. The Morgan fingerprint density at radius 2 is 1.72 bits per heavy atom. The molecule has 0 saturated heterocycles. The van der Waals surface area contributed by atoms with E-state index in [1.165, 1.54) is 6.42 Å². The molecule has 4 rings (SSSR count). The maximum atomic E-state index is 9.64. The molecule has 0 aliphatic heterocycles. The van der Waals surface area contributed by atoms with Crippen LogP contribution >= 0.6 is 0 Å². The quantitative estimate of drug-likeness (QED) is 0.634. The highest BCUT2D eigenvalue weighted by Gasteiger charge is 2.18. The molecule has 2 N–H and O–H groups in total. The van der Waals surface area contributed by atoms with Crippen LogP contribution in [0.25, 0.3) is 11.1 Å². The molecule has 1 unspecified atom stereocenters. The second-order valence-corrected chi connectivity index (χ2v) is 7.15. The van der Waals surface area contributed by atoms with Crippen molar-refractivity contribution in [1.82, 2.24) is 9.55 Å². The van der Waals surface area contributed by atoms with E-state index in [-0.39, 0.29) is 13.2 Å². The summed E-state index contributed by atoms with van der Waals surface area (Å²) in [5.41, 5.74) is 3.11. The first-order valence-electron chi connectivity index (χ1n) is 9.89. The zero-order valence-electron chi connectivity index (χ0n) is 16.2. The van der Waals surface area contributed by atoms with Crippen LogP contribution in [0.4, 0.5) is 0 Å². The number of aromatic nitrogens is 2. The molecular formula is C24H24N2O3. The van der Waals surface area contributed by atoms with Crippen molar-refractivity contribution in [2.24, 2.45) is 0 Å². The molecule has 5 heteroatoms. The lowest BCUT2D eigenvalue weighted by Crippen LogP contribution is -2.24. The monoisotopic (exact) mass is 388 g/mol. The number of imidazole rings is 1. The summed E-state index contributed by atoms with van der Waals surface area (Å²) in [6.45, 7) is -0.339. The Morgan fingerprint density at radius 3 is 2.31 bits per heavy atom. The Bertz CT molecular complexity index is 993. The number of aliphatic hydroxyl groups excluding tert-OH is 2. The molecular weight excluding hydrogens is 364 g/mol. The molecule has 2 aromatic carbocycles. The summed E-state index contributed by atoms with van der Waals surface area (Å²) in [5, 5.41) is 19.0. The molecule has 0 spiro atoms. The highest BCUT2D eigenvalue weighted by Crippen LogP contribution is 2.27. The molecule has 1 heterocycles. The van der Waals surface area contributed by atoms with Crippen molar-refractivity contribution in [2.45, 2.75) is 38.0 Å². The minimum absolute atomic E-state index is 0.149. The number of hydrogen-bond donors (Lipinski definition) is 2. The summed E-state index contributed by atoms with van der Waals surface area (Å²) in [5.74, 6) is 7.56. The molecule has 1 saturated carbocycles. The maximum Gasteiger partial charge on any atom is 0.135 e. The minimum atomic E-state index is -0.442. The van der Waals surface area contributed by atoms with Crippen molar-refractivity contribution < 1.29 is 14.9 Å². The van der Waals surface area contributed by atoms with E-state index >= 15 is 0 Å². The van der Waals surface area contributed by atoms with Gasteiger partial charge in [-0.25, -0.2) is 4.98 Å². The highest BCUT2D eigenvalue weighted by molar-refractivity contribution is 5.65. The van der Waals surface area contributed by atoms with Crippen LogP contribution in [0.3, 0.4) is 0 Å². The number of aliphatic hydroxyl groups is 2. The molecule has 1 atom stereocenters. The van der Waals surface area contributed by atoms with Crippen molar-refractivity contribution in [3.8, 4) is 28.7 Å². The van der Waals surface area contributed by atoms with Crippen LogP contribution < -0.4 is 4.74 Å². The van der Waals surface area contributed by atoms with Crippen LogP contribution in [-0.2, 0) is 6.61 Å². The number of ether oxygens (including phenoxy) is 1. The Kier molecular flexibility index (Phi) is 5.95. The van der Waals surface area contributed by atoms with E-state index in [1.807, 2.05) is 36.4 Å². The number of nitrogens with zero attached hydrogens (tertiary/aromatic N) is 2. The summed E-state index contributed by atoms with van der Waals surface area (Å²) in [7, 11) is 0. The third kappa shape index (κ3) is 4.51. The summed E-state index contributed by atoms with van der Waals surface area (Å²) < 4.78 is 7.60. The van der Waals surface area contributed by atoms with Crippen molar-refractivity contribution in [2.75, 3.05) is 6.61 Å². The highest BCUT2D eigenvalue weighted by atomic mass is 16.5. The molecule has 29 heavy (non-hydrogen) atoms. The number of benzene rings is 2. The van der Waals surface area contributed by atoms with E-state index in [4.69, 9.17) is 4.74 Å². The van der Waals surface area contributed by atoms with Crippen LogP contribution in [0, 0.1) is 11.8 Å². The summed E-state index contributed by atoms with van der Waals surface area (Å²) in [6.07, 6.45) is 7.27. The van der Waals surface area contributed by atoms with Gasteiger partial charge in [0.2, 0.25) is 0 Å². The van der Waals surface area contributed by atoms with Crippen molar-refractivity contribution >= 4 is 0 Å². The zero-order chi connectivity index (χ0) is 20.1. The largest absolute Gasteiger partial charge is 0.490 e. The van der Waals surface area contributed by atoms with Crippen molar-refractivity contribution in [3.05, 3.63) is 72.3 Å².